The molecule has 3 rings (SSSR count). The molecule has 4 heteroatoms. The summed E-state index contributed by atoms with van der Waals surface area (Å²) in [6, 6.07) is 9.48. The Morgan fingerprint density at radius 3 is 2.64 bits per heavy atom. The molecule has 0 saturated heterocycles. The van der Waals surface area contributed by atoms with Crippen molar-refractivity contribution in [1.82, 2.24) is 4.90 Å². The molecule has 0 atom stereocenters. The minimum atomic E-state index is -0.315. The number of hydrogen-bond acceptors (Lipinski definition) is 3. The Labute approximate surface area is 129 Å². The van der Waals surface area contributed by atoms with E-state index in [1.165, 1.54) is 0 Å². The van der Waals surface area contributed by atoms with E-state index in [4.69, 9.17) is 5.11 Å². The molecule has 1 heterocycles. The zero-order valence-electron chi connectivity index (χ0n) is 12.6. The van der Waals surface area contributed by atoms with Crippen molar-refractivity contribution in [2.24, 2.45) is 0 Å². The summed E-state index contributed by atoms with van der Waals surface area (Å²) in [5.74, 6) is -0.598. The van der Waals surface area contributed by atoms with Gasteiger partial charge >= 0.3 is 0 Å². The summed E-state index contributed by atoms with van der Waals surface area (Å²) in [6.45, 7) is 1.93. The highest BCUT2D eigenvalue weighted by atomic mass is 16.3. The third-order valence-electron chi connectivity index (χ3n) is 4.19. The number of rotatable bonds is 5. The van der Waals surface area contributed by atoms with Crippen molar-refractivity contribution < 1.29 is 14.7 Å². The second kappa shape index (κ2) is 5.89. The van der Waals surface area contributed by atoms with Crippen molar-refractivity contribution in [2.75, 3.05) is 13.2 Å². The van der Waals surface area contributed by atoms with Crippen molar-refractivity contribution in [3.05, 3.63) is 47.0 Å². The van der Waals surface area contributed by atoms with Gasteiger partial charge in [-0.15, -0.1) is 0 Å². The molecule has 2 aromatic rings. The van der Waals surface area contributed by atoms with Crippen LogP contribution in [0.5, 0.6) is 0 Å². The van der Waals surface area contributed by atoms with Crippen molar-refractivity contribution in [3.8, 4) is 0 Å². The zero-order valence-corrected chi connectivity index (χ0v) is 12.6. The molecule has 0 radical (unpaired) electrons. The predicted molar refractivity (Wildman–Crippen MR) is 85.0 cm³/mol. The molecular formula is C18H19NO3. The molecule has 2 amide bonds. The number of aryl methyl sites for hydroxylation is 1. The fourth-order valence-electron chi connectivity index (χ4n) is 3.10. The molecule has 114 valence electrons. The molecular weight excluding hydrogens is 278 g/mol. The van der Waals surface area contributed by atoms with Gasteiger partial charge in [-0.1, -0.05) is 37.6 Å². The average Bonchev–Trinajstić information content (AvgIpc) is 2.54. The van der Waals surface area contributed by atoms with E-state index in [0.717, 1.165) is 40.5 Å². The fraction of sp³-hybridized carbons (Fsp3) is 0.333. The van der Waals surface area contributed by atoms with E-state index in [0.29, 0.717) is 11.1 Å². The van der Waals surface area contributed by atoms with E-state index in [1.807, 2.05) is 24.3 Å². The van der Waals surface area contributed by atoms with Gasteiger partial charge in [0, 0.05) is 10.9 Å². The third-order valence-corrected chi connectivity index (χ3v) is 4.19. The molecule has 0 aromatic heterocycles. The summed E-state index contributed by atoms with van der Waals surface area (Å²) < 4.78 is 0. The molecule has 0 fully saturated rings. The van der Waals surface area contributed by atoms with Crippen LogP contribution < -0.4 is 0 Å². The zero-order chi connectivity index (χ0) is 15.7. The summed E-state index contributed by atoms with van der Waals surface area (Å²) >= 11 is 0. The van der Waals surface area contributed by atoms with Crippen LogP contribution in [-0.2, 0) is 6.42 Å². The maximum atomic E-state index is 12.8. The van der Waals surface area contributed by atoms with Gasteiger partial charge in [-0.25, -0.2) is 0 Å². The quantitative estimate of drug-likeness (QED) is 0.863. The number of aliphatic hydroxyl groups excluding tert-OH is 1. The number of amides is 2. The molecule has 2 aromatic carbocycles. The number of imide groups is 1. The van der Waals surface area contributed by atoms with Crippen LogP contribution in [0.4, 0.5) is 0 Å². The topological polar surface area (TPSA) is 57.6 Å². The largest absolute Gasteiger partial charge is 0.395 e. The summed E-state index contributed by atoms with van der Waals surface area (Å²) in [5, 5.41) is 10.8. The highest BCUT2D eigenvalue weighted by Crippen LogP contribution is 2.32. The first kappa shape index (κ1) is 14.7. The molecule has 22 heavy (non-hydrogen) atoms. The molecule has 4 nitrogen and oxygen atoms in total. The number of carbonyl (C=O) groups excluding carboxylic acids is 2. The van der Waals surface area contributed by atoms with Gasteiger partial charge < -0.3 is 5.11 Å². The number of benzene rings is 2. The lowest BCUT2D eigenvalue weighted by Crippen LogP contribution is -2.42. The molecule has 0 unspecified atom stereocenters. The predicted octanol–water partition coefficient (Wildman–Crippen LogP) is 2.77. The normalized spacial score (nSPS) is 14.0. The van der Waals surface area contributed by atoms with E-state index in [-0.39, 0.29) is 25.0 Å². The van der Waals surface area contributed by atoms with Gasteiger partial charge in [-0.3, -0.25) is 14.5 Å². The third kappa shape index (κ3) is 2.20. The number of β-amino-alcohol motifs (C(OH)–C–C–N with tert-alkyl or cyclic N) is 1. The standard InChI is InChI=1S/C18H19NO3/c1-2-3-5-13-9-8-12-6-4-7-14-15(12)16(13)18(22)19(10-11-20)17(14)21/h4,6-9,20H,2-3,5,10-11H2,1H3. The molecule has 0 bridgehead atoms. The van der Waals surface area contributed by atoms with Crippen LogP contribution in [0.2, 0.25) is 0 Å². The molecule has 0 aliphatic carbocycles. The maximum absolute atomic E-state index is 12.8. The first-order chi connectivity index (χ1) is 10.7. The average molecular weight is 297 g/mol. The van der Waals surface area contributed by atoms with E-state index in [9.17, 15) is 9.59 Å². The Morgan fingerprint density at radius 2 is 1.91 bits per heavy atom. The second-order valence-corrected chi connectivity index (χ2v) is 5.59. The van der Waals surface area contributed by atoms with Gasteiger partial charge in [0.25, 0.3) is 11.8 Å². The van der Waals surface area contributed by atoms with E-state index in [1.54, 1.807) is 6.07 Å². The van der Waals surface area contributed by atoms with E-state index < -0.39 is 0 Å². The van der Waals surface area contributed by atoms with Gasteiger partial charge in [0.15, 0.2) is 0 Å². The van der Waals surface area contributed by atoms with Crippen molar-refractivity contribution in [2.45, 2.75) is 26.2 Å². The lowest BCUT2D eigenvalue weighted by Gasteiger charge is -2.28. The van der Waals surface area contributed by atoms with Gasteiger partial charge in [0.1, 0.15) is 0 Å². The van der Waals surface area contributed by atoms with Crippen LogP contribution in [0.15, 0.2) is 30.3 Å². The Bertz CT molecular complexity index is 751. The minimum absolute atomic E-state index is 0.0373. The van der Waals surface area contributed by atoms with Crippen LogP contribution in [0, 0.1) is 0 Å². The van der Waals surface area contributed by atoms with Crippen molar-refractivity contribution in [1.29, 1.82) is 0 Å². The van der Waals surface area contributed by atoms with Crippen molar-refractivity contribution in [3.63, 3.8) is 0 Å². The van der Waals surface area contributed by atoms with Crippen LogP contribution in [0.3, 0.4) is 0 Å². The van der Waals surface area contributed by atoms with Gasteiger partial charge in [0.05, 0.1) is 18.7 Å². The summed E-state index contributed by atoms with van der Waals surface area (Å²) in [4.78, 5) is 26.5. The van der Waals surface area contributed by atoms with Crippen LogP contribution in [-0.4, -0.2) is 35.0 Å². The summed E-state index contributed by atoms with van der Waals surface area (Å²) in [7, 11) is 0. The fourth-order valence-corrected chi connectivity index (χ4v) is 3.10. The number of carbonyl (C=O) groups is 2. The van der Waals surface area contributed by atoms with Crippen molar-refractivity contribution >= 4 is 22.6 Å². The molecule has 1 aliphatic rings. The first-order valence-electron chi connectivity index (χ1n) is 7.70. The Kier molecular flexibility index (Phi) is 3.94. The number of nitrogens with zero attached hydrogens (tertiary/aromatic N) is 1. The van der Waals surface area contributed by atoms with E-state index >= 15 is 0 Å². The Hall–Kier alpha value is -2.20. The smallest absolute Gasteiger partial charge is 0.261 e. The van der Waals surface area contributed by atoms with Gasteiger partial charge in [-0.2, -0.15) is 0 Å². The van der Waals surface area contributed by atoms with Gasteiger partial charge in [-0.05, 0) is 29.9 Å². The van der Waals surface area contributed by atoms with Crippen LogP contribution in [0.1, 0.15) is 46.0 Å². The highest BCUT2D eigenvalue weighted by Gasteiger charge is 2.33. The minimum Gasteiger partial charge on any atom is -0.395 e. The highest BCUT2D eigenvalue weighted by molar-refractivity contribution is 6.26. The molecule has 0 saturated carbocycles. The first-order valence-corrected chi connectivity index (χ1v) is 7.70. The van der Waals surface area contributed by atoms with Gasteiger partial charge in [0.2, 0.25) is 0 Å². The molecule has 1 aliphatic heterocycles. The SMILES string of the molecule is CCCCc1ccc2cccc3c2c1C(=O)N(CCO)C3=O. The summed E-state index contributed by atoms with van der Waals surface area (Å²) in [6.07, 6.45) is 2.87. The number of hydrogen-bond donors (Lipinski definition) is 1. The number of aliphatic hydroxyl groups is 1. The van der Waals surface area contributed by atoms with Crippen LogP contribution >= 0.6 is 0 Å². The second-order valence-electron chi connectivity index (χ2n) is 5.59. The molecule has 1 N–H and O–H groups in total. The Balaban J connectivity index is 2.25. The lowest BCUT2D eigenvalue weighted by atomic mass is 9.89. The summed E-state index contributed by atoms with van der Waals surface area (Å²) in [5.41, 5.74) is 2.18. The van der Waals surface area contributed by atoms with E-state index in [2.05, 4.69) is 6.92 Å². The molecule has 0 spiro atoms. The maximum Gasteiger partial charge on any atom is 0.261 e. The van der Waals surface area contributed by atoms with Crippen LogP contribution in [0.25, 0.3) is 10.8 Å². The Morgan fingerprint density at radius 1 is 1.09 bits per heavy atom. The monoisotopic (exact) mass is 297 g/mol. The number of unbranched alkanes of at least 4 members (excludes halogenated alkanes) is 1. The lowest BCUT2D eigenvalue weighted by molar-refractivity contribution is 0.0579.